The van der Waals surface area contributed by atoms with Gasteiger partial charge in [-0.05, 0) is 12.5 Å². The molecule has 0 saturated heterocycles. The second kappa shape index (κ2) is 5.98. The molecule has 1 aromatic carbocycles. The highest BCUT2D eigenvalue weighted by Gasteiger charge is 2.24. The van der Waals surface area contributed by atoms with Crippen molar-refractivity contribution in [2.45, 2.75) is 18.2 Å². The van der Waals surface area contributed by atoms with E-state index in [9.17, 15) is 18.5 Å². The average molecular weight is 287 g/mol. The predicted octanol–water partition coefficient (Wildman–Crippen LogP) is 1.67. The Morgan fingerprint density at radius 2 is 2.05 bits per heavy atom. The molecule has 0 radical (unpaired) electrons. The summed E-state index contributed by atoms with van der Waals surface area (Å²) in [7, 11) is -0.627. The molecule has 0 spiro atoms. The van der Waals surface area contributed by atoms with E-state index in [0.717, 1.165) is 0 Å². The van der Waals surface area contributed by atoms with Crippen LogP contribution in [-0.4, -0.2) is 38.3 Å². The molecule has 0 aliphatic heterocycles. The highest BCUT2D eigenvalue weighted by atomic mass is 32.2. The third kappa shape index (κ3) is 3.21. The quantitative estimate of drug-likeness (QED) is 0.634. The van der Waals surface area contributed by atoms with Gasteiger partial charge in [-0.2, -0.15) is 0 Å². The van der Waals surface area contributed by atoms with Crippen LogP contribution in [-0.2, 0) is 10.0 Å². The van der Waals surface area contributed by atoms with Crippen molar-refractivity contribution in [3.8, 4) is 0 Å². The summed E-state index contributed by atoms with van der Waals surface area (Å²) in [6.45, 7) is 2.27. The molecule has 1 N–H and O–H groups in total. The Hall–Kier alpha value is -1.67. The maximum Gasteiger partial charge on any atom is 0.271 e. The number of nitrogens with zero attached hydrogens (tertiary/aromatic N) is 2. The number of non-ortho nitro benzene ring substituents is 1. The van der Waals surface area contributed by atoms with E-state index in [0.29, 0.717) is 13.0 Å². The second-order valence-corrected chi connectivity index (χ2v) is 6.03. The molecule has 0 heterocycles. The van der Waals surface area contributed by atoms with Gasteiger partial charge in [0.15, 0.2) is 0 Å². The number of hydrogen-bond acceptors (Lipinski definition) is 5. The van der Waals surface area contributed by atoms with E-state index in [1.54, 1.807) is 0 Å². The zero-order chi connectivity index (χ0) is 14.6. The molecule has 0 unspecified atom stereocenters. The lowest BCUT2D eigenvalue weighted by atomic mass is 10.3. The van der Waals surface area contributed by atoms with Crippen LogP contribution in [0.5, 0.6) is 0 Å². The zero-order valence-corrected chi connectivity index (χ0v) is 11.9. The summed E-state index contributed by atoms with van der Waals surface area (Å²) in [6.07, 6.45) is 0.692. The summed E-state index contributed by atoms with van der Waals surface area (Å²) >= 11 is 0. The maximum absolute atomic E-state index is 12.3. The molecule has 19 heavy (non-hydrogen) atoms. The SMILES string of the molecule is CCCN(C)S(=O)(=O)c1ccc([N+](=O)[O-])cc1NC. The first-order valence-electron chi connectivity index (χ1n) is 5.77. The van der Waals surface area contributed by atoms with Crippen LogP contribution >= 0.6 is 0 Å². The van der Waals surface area contributed by atoms with Crippen LogP contribution in [0.4, 0.5) is 11.4 Å². The van der Waals surface area contributed by atoms with Crippen molar-refractivity contribution in [1.82, 2.24) is 4.31 Å². The molecule has 1 aromatic rings. The van der Waals surface area contributed by atoms with Gasteiger partial charge in [-0.3, -0.25) is 10.1 Å². The van der Waals surface area contributed by atoms with E-state index >= 15 is 0 Å². The Kier molecular flexibility index (Phi) is 4.84. The summed E-state index contributed by atoms with van der Waals surface area (Å²) in [5.74, 6) is 0. The smallest absolute Gasteiger partial charge is 0.271 e. The first kappa shape index (κ1) is 15.4. The zero-order valence-electron chi connectivity index (χ0n) is 11.1. The van der Waals surface area contributed by atoms with Gasteiger partial charge in [0, 0.05) is 32.8 Å². The van der Waals surface area contributed by atoms with E-state index in [-0.39, 0.29) is 16.3 Å². The van der Waals surface area contributed by atoms with E-state index in [1.165, 1.54) is 36.6 Å². The Labute approximate surface area is 112 Å². The normalized spacial score (nSPS) is 11.6. The summed E-state index contributed by atoms with van der Waals surface area (Å²) in [5.41, 5.74) is 0.0681. The van der Waals surface area contributed by atoms with Crippen LogP contribution in [0.25, 0.3) is 0 Å². The molecule has 0 bridgehead atoms. The molecule has 0 saturated carbocycles. The number of hydrogen-bond donors (Lipinski definition) is 1. The van der Waals surface area contributed by atoms with Gasteiger partial charge >= 0.3 is 0 Å². The van der Waals surface area contributed by atoms with Crippen molar-refractivity contribution < 1.29 is 13.3 Å². The molecule has 0 aromatic heterocycles. The summed E-state index contributed by atoms with van der Waals surface area (Å²) in [4.78, 5) is 10.2. The van der Waals surface area contributed by atoms with Gasteiger partial charge in [0.1, 0.15) is 4.90 Å². The van der Waals surface area contributed by atoms with Gasteiger partial charge in [0.05, 0.1) is 10.6 Å². The minimum atomic E-state index is -3.64. The van der Waals surface area contributed by atoms with Crippen molar-refractivity contribution in [2.24, 2.45) is 0 Å². The van der Waals surface area contributed by atoms with Gasteiger partial charge in [0.25, 0.3) is 5.69 Å². The standard InChI is InChI=1S/C11H17N3O4S/c1-4-7-13(3)19(17,18)11-6-5-9(14(15)16)8-10(11)12-2/h5-6,8,12H,4,7H2,1-3H3. The molecule has 0 fully saturated rings. The number of sulfonamides is 1. The lowest BCUT2D eigenvalue weighted by Gasteiger charge is -2.18. The van der Waals surface area contributed by atoms with Crippen LogP contribution in [0, 0.1) is 10.1 Å². The van der Waals surface area contributed by atoms with Crippen LogP contribution < -0.4 is 5.32 Å². The van der Waals surface area contributed by atoms with Crippen LogP contribution in [0.1, 0.15) is 13.3 Å². The van der Waals surface area contributed by atoms with Gasteiger partial charge < -0.3 is 5.32 Å². The molecular weight excluding hydrogens is 270 g/mol. The number of rotatable bonds is 6. The van der Waals surface area contributed by atoms with Crippen LogP contribution in [0.15, 0.2) is 23.1 Å². The number of benzene rings is 1. The fourth-order valence-electron chi connectivity index (χ4n) is 1.65. The Morgan fingerprint density at radius 1 is 1.42 bits per heavy atom. The van der Waals surface area contributed by atoms with Gasteiger partial charge in [-0.25, -0.2) is 12.7 Å². The first-order chi connectivity index (χ1) is 8.84. The van der Waals surface area contributed by atoms with Gasteiger partial charge in [-0.15, -0.1) is 0 Å². The average Bonchev–Trinajstić information content (AvgIpc) is 2.38. The Balaban J connectivity index is 3.31. The molecule has 0 amide bonds. The van der Waals surface area contributed by atoms with Crippen molar-refractivity contribution in [3.05, 3.63) is 28.3 Å². The van der Waals surface area contributed by atoms with Crippen molar-refractivity contribution in [3.63, 3.8) is 0 Å². The Morgan fingerprint density at radius 3 is 2.53 bits per heavy atom. The van der Waals surface area contributed by atoms with Gasteiger partial charge in [-0.1, -0.05) is 6.92 Å². The molecule has 0 atom stereocenters. The fourth-order valence-corrected chi connectivity index (χ4v) is 3.09. The molecule has 0 aliphatic rings. The summed E-state index contributed by atoms with van der Waals surface area (Å²) in [5, 5.41) is 13.4. The molecular formula is C11H17N3O4S. The number of anilines is 1. The van der Waals surface area contributed by atoms with E-state index in [1.807, 2.05) is 6.92 Å². The largest absolute Gasteiger partial charge is 0.387 e. The van der Waals surface area contributed by atoms with E-state index < -0.39 is 14.9 Å². The van der Waals surface area contributed by atoms with Crippen LogP contribution in [0.3, 0.4) is 0 Å². The summed E-state index contributed by atoms with van der Waals surface area (Å²) < 4.78 is 25.8. The highest BCUT2D eigenvalue weighted by Crippen LogP contribution is 2.28. The van der Waals surface area contributed by atoms with Gasteiger partial charge in [0.2, 0.25) is 10.0 Å². The fraction of sp³-hybridized carbons (Fsp3) is 0.455. The number of nitro groups is 1. The number of nitrogens with one attached hydrogen (secondary N) is 1. The second-order valence-electron chi connectivity index (χ2n) is 4.01. The van der Waals surface area contributed by atoms with E-state index in [2.05, 4.69) is 5.32 Å². The first-order valence-corrected chi connectivity index (χ1v) is 7.21. The minimum absolute atomic E-state index is 0.0385. The third-order valence-electron chi connectivity index (χ3n) is 2.67. The van der Waals surface area contributed by atoms with Crippen LogP contribution in [0.2, 0.25) is 0 Å². The third-order valence-corrected chi connectivity index (χ3v) is 4.59. The molecule has 8 heteroatoms. The lowest BCUT2D eigenvalue weighted by molar-refractivity contribution is -0.384. The Bertz CT molecular complexity index is 571. The van der Waals surface area contributed by atoms with Crippen molar-refractivity contribution in [2.75, 3.05) is 26.0 Å². The summed E-state index contributed by atoms with van der Waals surface area (Å²) in [6, 6.07) is 3.66. The minimum Gasteiger partial charge on any atom is -0.387 e. The van der Waals surface area contributed by atoms with Crippen molar-refractivity contribution in [1.29, 1.82) is 0 Å². The lowest BCUT2D eigenvalue weighted by Crippen LogP contribution is -2.28. The van der Waals surface area contributed by atoms with E-state index in [4.69, 9.17) is 0 Å². The topological polar surface area (TPSA) is 92.5 Å². The molecule has 0 aliphatic carbocycles. The molecule has 1 rings (SSSR count). The monoisotopic (exact) mass is 287 g/mol. The van der Waals surface area contributed by atoms with Crippen molar-refractivity contribution >= 4 is 21.4 Å². The molecule has 7 nitrogen and oxygen atoms in total. The number of nitro benzene ring substituents is 1. The highest BCUT2D eigenvalue weighted by molar-refractivity contribution is 7.89. The maximum atomic E-state index is 12.3. The molecule has 106 valence electrons. The predicted molar refractivity (Wildman–Crippen MR) is 72.7 cm³/mol.